The number of anilines is 1. The first-order chi connectivity index (χ1) is 14.6. The summed E-state index contributed by atoms with van der Waals surface area (Å²) in [6.45, 7) is 6.32. The Morgan fingerprint density at radius 3 is 2.61 bits per heavy atom. The highest BCUT2D eigenvalue weighted by molar-refractivity contribution is 7.99. The van der Waals surface area contributed by atoms with Crippen LogP contribution in [-0.4, -0.2) is 33.6 Å². The number of ether oxygens (including phenoxy) is 1. The van der Waals surface area contributed by atoms with Crippen molar-refractivity contribution < 1.29 is 9.53 Å². The lowest BCUT2D eigenvalue weighted by Crippen LogP contribution is -2.18. The zero-order chi connectivity index (χ0) is 22.8. The van der Waals surface area contributed by atoms with Crippen LogP contribution in [-0.2, 0) is 10.2 Å². The van der Waals surface area contributed by atoms with Crippen molar-refractivity contribution in [2.24, 2.45) is 0 Å². The number of hydrogen-bond acceptors (Lipinski definition) is 6. The summed E-state index contributed by atoms with van der Waals surface area (Å²) < 4.78 is 6.67. The molecule has 1 amide bonds. The van der Waals surface area contributed by atoms with Crippen LogP contribution < -0.4 is 15.9 Å². The van der Waals surface area contributed by atoms with E-state index in [0.717, 1.165) is 17.3 Å². The first-order valence-electron chi connectivity index (χ1n) is 9.37. The van der Waals surface area contributed by atoms with E-state index >= 15 is 0 Å². The molecule has 0 aliphatic carbocycles. The summed E-state index contributed by atoms with van der Waals surface area (Å²) in [4.78, 5) is 12.6. The van der Waals surface area contributed by atoms with Crippen molar-refractivity contribution in [3.63, 3.8) is 0 Å². The fourth-order valence-electron chi connectivity index (χ4n) is 2.82. The summed E-state index contributed by atoms with van der Waals surface area (Å²) in [6, 6.07) is 10.8. The average Bonchev–Trinajstić information content (AvgIpc) is 3.07. The SMILES string of the molecule is COc1ccc(C(C)(C)C)cc1NC(=O)CSc1nnc(-c2cc(Cl)ccc2Cl)n1N. The zero-order valence-electron chi connectivity index (χ0n) is 17.6. The molecule has 3 aromatic rings. The largest absolute Gasteiger partial charge is 0.495 e. The van der Waals surface area contributed by atoms with Crippen LogP contribution in [0.3, 0.4) is 0 Å². The second-order valence-corrected chi connectivity index (χ2v) is 9.59. The Morgan fingerprint density at radius 1 is 1.19 bits per heavy atom. The molecule has 31 heavy (non-hydrogen) atoms. The minimum Gasteiger partial charge on any atom is -0.495 e. The standard InChI is InChI=1S/C21H23Cl2N5O2S/c1-21(2,3)12-5-8-17(30-4)16(9-12)25-18(29)11-31-20-27-26-19(28(20)24)14-10-13(22)6-7-15(14)23/h5-10H,11,24H2,1-4H3,(H,25,29). The number of hydrogen-bond donors (Lipinski definition) is 2. The molecule has 0 saturated carbocycles. The molecule has 7 nitrogen and oxygen atoms in total. The van der Waals surface area contributed by atoms with Gasteiger partial charge in [0.15, 0.2) is 5.82 Å². The van der Waals surface area contributed by atoms with Gasteiger partial charge in [-0.2, -0.15) is 0 Å². The molecule has 1 aromatic heterocycles. The summed E-state index contributed by atoms with van der Waals surface area (Å²) in [7, 11) is 1.57. The molecule has 3 N–H and O–H groups in total. The monoisotopic (exact) mass is 479 g/mol. The molecule has 0 atom stereocenters. The molecule has 0 aliphatic heterocycles. The van der Waals surface area contributed by atoms with E-state index in [2.05, 4.69) is 36.3 Å². The van der Waals surface area contributed by atoms with E-state index in [9.17, 15) is 4.79 Å². The van der Waals surface area contributed by atoms with E-state index in [0.29, 0.717) is 38.0 Å². The van der Waals surface area contributed by atoms with Crippen molar-refractivity contribution in [2.45, 2.75) is 31.3 Å². The Labute approximate surface area is 195 Å². The Morgan fingerprint density at radius 2 is 1.94 bits per heavy atom. The van der Waals surface area contributed by atoms with E-state index in [1.807, 2.05) is 18.2 Å². The van der Waals surface area contributed by atoms with Gasteiger partial charge in [-0.05, 0) is 41.3 Å². The molecule has 164 valence electrons. The molecule has 0 fully saturated rings. The van der Waals surface area contributed by atoms with Gasteiger partial charge >= 0.3 is 0 Å². The van der Waals surface area contributed by atoms with Crippen LogP contribution in [0.15, 0.2) is 41.6 Å². The lowest BCUT2D eigenvalue weighted by atomic mass is 9.87. The second-order valence-electron chi connectivity index (χ2n) is 7.80. The van der Waals surface area contributed by atoms with Crippen molar-refractivity contribution in [3.05, 3.63) is 52.0 Å². The molecule has 1 heterocycles. The summed E-state index contributed by atoms with van der Waals surface area (Å²) in [6.07, 6.45) is 0. The van der Waals surface area contributed by atoms with Gasteiger partial charge in [-0.1, -0.05) is 61.8 Å². The fourth-order valence-corrected chi connectivity index (χ4v) is 3.85. The highest BCUT2D eigenvalue weighted by atomic mass is 35.5. The Bertz CT molecular complexity index is 1110. The van der Waals surface area contributed by atoms with Crippen molar-refractivity contribution in [3.8, 4) is 17.1 Å². The molecule has 0 aliphatic rings. The van der Waals surface area contributed by atoms with Crippen LogP contribution in [0.4, 0.5) is 5.69 Å². The number of carbonyl (C=O) groups is 1. The number of benzene rings is 2. The van der Waals surface area contributed by atoms with Crippen LogP contribution in [0.2, 0.25) is 10.0 Å². The van der Waals surface area contributed by atoms with E-state index in [-0.39, 0.29) is 17.1 Å². The fraction of sp³-hybridized carbons (Fsp3) is 0.286. The Hall–Kier alpha value is -2.42. The Kier molecular flexibility index (Phi) is 7.03. The maximum absolute atomic E-state index is 12.6. The van der Waals surface area contributed by atoms with Gasteiger partial charge in [0, 0.05) is 10.6 Å². The maximum Gasteiger partial charge on any atom is 0.234 e. The molecular formula is C21H23Cl2N5O2S. The number of nitrogen functional groups attached to an aromatic ring is 1. The van der Waals surface area contributed by atoms with E-state index < -0.39 is 0 Å². The van der Waals surface area contributed by atoms with Gasteiger partial charge in [0.05, 0.1) is 23.6 Å². The number of nitrogens with zero attached hydrogens (tertiary/aromatic N) is 3. The molecule has 0 unspecified atom stereocenters. The van der Waals surface area contributed by atoms with Gasteiger partial charge in [0.1, 0.15) is 5.75 Å². The first-order valence-corrected chi connectivity index (χ1v) is 11.1. The number of halogens is 2. The highest BCUT2D eigenvalue weighted by Gasteiger charge is 2.19. The number of thioether (sulfide) groups is 1. The third-order valence-electron chi connectivity index (χ3n) is 4.51. The molecule has 0 saturated heterocycles. The zero-order valence-corrected chi connectivity index (χ0v) is 19.9. The van der Waals surface area contributed by atoms with Gasteiger partial charge in [-0.15, -0.1) is 10.2 Å². The molecule has 0 bridgehead atoms. The number of nitrogens with one attached hydrogen (secondary N) is 1. The average molecular weight is 480 g/mol. The summed E-state index contributed by atoms with van der Waals surface area (Å²) in [5, 5.41) is 12.4. The smallest absolute Gasteiger partial charge is 0.234 e. The van der Waals surface area contributed by atoms with Crippen molar-refractivity contribution in [2.75, 3.05) is 24.0 Å². The number of amides is 1. The first kappa shape index (κ1) is 23.2. The van der Waals surface area contributed by atoms with Crippen molar-refractivity contribution >= 4 is 46.6 Å². The lowest BCUT2D eigenvalue weighted by Gasteiger charge is -2.21. The van der Waals surface area contributed by atoms with Crippen LogP contribution in [0.1, 0.15) is 26.3 Å². The minimum atomic E-state index is -0.223. The molecule has 10 heteroatoms. The van der Waals surface area contributed by atoms with Crippen LogP contribution in [0.5, 0.6) is 5.75 Å². The predicted molar refractivity (Wildman–Crippen MR) is 127 cm³/mol. The Balaban J connectivity index is 1.72. The minimum absolute atomic E-state index is 0.0610. The van der Waals surface area contributed by atoms with Gasteiger partial charge in [0.2, 0.25) is 11.1 Å². The molecule has 0 radical (unpaired) electrons. The summed E-state index contributed by atoms with van der Waals surface area (Å²) >= 11 is 13.4. The number of aromatic nitrogens is 3. The summed E-state index contributed by atoms with van der Waals surface area (Å²) in [5.41, 5.74) is 2.19. The number of methoxy groups -OCH3 is 1. The van der Waals surface area contributed by atoms with Crippen LogP contribution >= 0.6 is 35.0 Å². The van der Waals surface area contributed by atoms with Crippen LogP contribution in [0, 0.1) is 0 Å². The quantitative estimate of drug-likeness (QED) is 0.381. The topological polar surface area (TPSA) is 95.1 Å². The highest BCUT2D eigenvalue weighted by Crippen LogP contribution is 2.32. The van der Waals surface area contributed by atoms with Crippen molar-refractivity contribution in [1.82, 2.24) is 14.9 Å². The number of carbonyl (C=O) groups excluding carboxylic acids is 1. The number of nitrogens with two attached hydrogens (primary N) is 1. The number of rotatable bonds is 6. The van der Waals surface area contributed by atoms with Crippen molar-refractivity contribution in [1.29, 1.82) is 0 Å². The van der Waals surface area contributed by atoms with Gasteiger partial charge in [-0.25, -0.2) is 4.68 Å². The second kappa shape index (κ2) is 9.38. The normalized spacial score (nSPS) is 11.4. The van der Waals surface area contributed by atoms with Gasteiger partial charge in [-0.3, -0.25) is 4.79 Å². The third kappa shape index (κ3) is 5.44. The molecule has 2 aromatic carbocycles. The molecular weight excluding hydrogens is 457 g/mol. The molecule has 3 rings (SSSR count). The van der Waals surface area contributed by atoms with Crippen LogP contribution in [0.25, 0.3) is 11.4 Å². The van der Waals surface area contributed by atoms with Gasteiger partial charge < -0.3 is 15.9 Å². The van der Waals surface area contributed by atoms with Gasteiger partial charge in [0.25, 0.3) is 0 Å². The third-order valence-corrected chi connectivity index (χ3v) is 6.01. The molecule has 0 spiro atoms. The van der Waals surface area contributed by atoms with E-state index in [1.165, 1.54) is 4.68 Å². The maximum atomic E-state index is 12.6. The lowest BCUT2D eigenvalue weighted by molar-refractivity contribution is -0.113. The van der Waals surface area contributed by atoms with E-state index in [1.54, 1.807) is 25.3 Å². The summed E-state index contributed by atoms with van der Waals surface area (Å²) in [5.74, 6) is 6.93. The van der Waals surface area contributed by atoms with E-state index in [4.69, 9.17) is 33.8 Å². The predicted octanol–water partition coefficient (Wildman–Crippen LogP) is 5.00.